The van der Waals surface area contributed by atoms with Gasteiger partial charge in [0.15, 0.2) is 11.5 Å². The fourth-order valence-corrected chi connectivity index (χ4v) is 4.41. The van der Waals surface area contributed by atoms with Crippen LogP contribution >= 0.6 is 0 Å². The average Bonchev–Trinajstić information content (AvgIpc) is 3.31. The molecule has 0 fully saturated rings. The van der Waals surface area contributed by atoms with Crippen molar-refractivity contribution in [2.75, 3.05) is 18.9 Å². The monoisotopic (exact) mass is 567 g/mol. The second-order valence-corrected chi connectivity index (χ2v) is 9.08. The van der Waals surface area contributed by atoms with E-state index in [0.717, 1.165) is 0 Å². The van der Waals surface area contributed by atoms with Crippen LogP contribution in [0.5, 0.6) is 0 Å². The normalized spacial score (nSPS) is 12.2. The maximum absolute atomic E-state index is 14.2. The van der Waals surface area contributed by atoms with Crippen LogP contribution in [0.3, 0.4) is 0 Å². The molecule has 11 heteroatoms. The highest BCUT2D eigenvalue weighted by Crippen LogP contribution is 2.22. The Bertz CT molecular complexity index is 1740. The quantitative estimate of drug-likeness (QED) is 0.168. The number of allylic oxidation sites excluding steroid dienone is 3. The first-order valence-electron chi connectivity index (χ1n) is 13.5. The zero-order valence-corrected chi connectivity index (χ0v) is 24.0. The summed E-state index contributed by atoms with van der Waals surface area (Å²) in [5.41, 5.74) is 7.82. The van der Waals surface area contributed by atoms with Gasteiger partial charge in [0.1, 0.15) is 11.4 Å². The largest absolute Gasteiger partial charge is 0.381 e. The van der Waals surface area contributed by atoms with Gasteiger partial charge in [-0.05, 0) is 57.9 Å². The number of anilines is 1. The van der Waals surface area contributed by atoms with Gasteiger partial charge in [-0.2, -0.15) is 0 Å². The standard InChI is InChI=1S/C31H33N7O4/c1-6-13-22(16-17-24(41-7-2)42-8-3)25-20(4)34-28(38(31(25)40)23-14-10-9-11-15-23)21(5)35-30(39)26-27(32)36-37-19-12-18-33-29(26)37/h6,9-15,18-19,21,24H,1,7-8H2,2-5H3,(H2,32,36)(H,35,39)/b22-13-/t21-/m0/s1. The predicted molar refractivity (Wildman–Crippen MR) is 161 cm³/mol. The average molecular weight is 568 g/mol. The van der Waals surface area contributed by atoms with Crippen molar-refractivity contribution in [2.45, 2.75) is 40.0 Å². The van der Waals surface area contributed by atoms with Crippen LogP contribution in [-0.2, 0) is 9.47 Å². The van der Waals surface area contributed by atoms with Gasteiger partial charge in [-0.25, -0.2) is 14.5 Å². The van der Waals surface area contributed by atoms with Crippen molar-refractivity contribution in [2.24, 2.45) is 0 Å². The molecule has 1 aromatic carbocycles. The van der Waals surface area contributed by atoms with E-state index in [4.69, 9.17) is 20.2 Å². The van der Waals surface area contributed by atoms with Gasteiger partial charge in [-0.1, -0.05) is 36.8 Å². The van der Waals surface area contributed by atoms with Crippen LogP contribution in [0.1, 0.15) is 54.3 Å². The van der Waals surface area contributed by atoms with E-state index in [1.165, 1.54) is 9.08 Å². The minimum atomic E-state index is -0.755. The molecule has 1 atom stereocenters. The lowest BCUT2D eigenvalue weighted by Crippen LogP contribution is -2.35. The molecule has 0 aliphatic rings. The molecule has 0 aliphatic heterocycles. The Morgan fingerprint density at radius 2 is 1.88 bits per heavy atom. The van der Waals surface area contributed by atoms with Crippen LogP contribution in [-0.4, -0.2) is 49.6 Å². The van der Waals surface area contributed by atoms with Gasteiger partial charge in [-0.15, -0.1) is 5.10 Å². The Labute approximate surface area is 243 Å². The van der Waals surface area contributed by atoms with Gasteiger partial charge in [-0.3, -0.25) is 14.2 Å². The third kappa shape index (κ3) is 6.30. The van der Waals surface area contributed by atoms with Crippen molar-refractivity contribution < 1.29 is 14.3 Å². The summed E-state index contributed by atoms with van der Waals surface area (Å²) < 4.78 is 14.0. The molecule has 3 heterocycles. The molecule has 0 saturated carbocycles. The lowest BCUT2D eigenvalue weighted by atomic mass is 10.0. The molecule has 42 heavy (non-hydrogen) atoms. The maximum atomic E-state index is 14.2. The highest BCUT2D eigenvalue weighted by atomic mass is 16.7. The van der Waals surface area contributed by atoms with E-state index in [2.05, 4.69) is 33.8 Å². The Balaban J connectivity index is 1.82. The topological polar surface area (TPSA) is 139 Å². The molecule has 11 nitrogen and oxygen atoms in total. The summed E-state index contributed by atoms with van der Waals surface area (Å²) in [6, 6.07) is 10.0. The number of carbonyl (C=O) groups is 1. The Morgan fingerprint density at radius 3 is 2.55 bits per heavy atom. The van der Waals surface area contributed by atoms with Gasteiger partial charge < -0.3 is 20.5 Å². The van der Waals surface area contributed by atoms with Gasteiger partial charge >= 0.3 is 0 Å². The fraction of sp³-hybridized carbons (Fsp3) is 0.258. The molecule has 216 valence electrons. The van der Waals surface area contributed by atoms with E-state index in [-0.39, 0.29) is 22.5 Å². The van der Waals surface area contributed by atoms with Crippen LogP contribution in [0.15, 0.2) is 72.3 Å². The zero-order chi connectivity index (χ0) is 30.2. The third-order valence-corrected chi connectivity index (χ3v) is 6.20. The van der Waals surface area contributed by atoms with E-state index in [0.29, 0.717) is 41.6 Å². The first kappa shape index (κ1) is 29.9. The lowest BCUT2D eigenvalue weighted by Gasteiger charge is -2.21. The van der Waals surface area contributed by atoms with Crippen molar-refractivity contribution in [3.05, 3.63) is 101 Å². The number of fused-ring (bicyclic) bond motifs is 1. The second kappa shape index (κ2) is 13.5. The van der Waals surface area contributed by atoms with E-state index < -0.39 is 18.2 Å². The van der Waals surface area contributed by atoms with Crippen molar-refractivity contribution >= 4 is 22.9 Å². The summed E-state index contributed by atoms with van der Waals surface area (Å²) in [7, 11) is 0. The van der Waals surface area contributed by atoms with Crippen LogP contribution < -0.4 is 16.6 Å². The van der Waals surface area contributed by atoms with Gasteiger partial charge in [0, 0.05) is 31.2 Å². The molecular formula is C31H33N7O4. The highest BCUT2D eigenvalue weighted by molar-refractivity contribution is 6.04. The highest BCUT2D eigenvalue weighted by Gasteiger charge is 2.25. The molecule has 4 aromatic rings. The molecule has 0 saturated heterocycles. The number of aromatic nitrogens is 5. The summed E-state index contributed by atoms with van der Waals surface area (Å²) >= 11 is 0. The smallest absolute Gasteiger partial charge is 0.266 e. The minimum Gasteiger partial charge on any atom is -0.381 e. The summed E-state index contributed by atoms with van der Waals surface area (Å²) in [6.07, 6.45) is 5.65. The van der Waals surface area contributed by atoms with Crippen molar-refractivity contribution in [3.63, 3.8) is 0 Å². The number of amides is 1. The van der Waals surface area contributed by atoms with E-state index in [9.17, 15) is 9.59 Å². The summed E-state index contributed by atoms with van der Waals surface area (Å²) in [6.45, 7) is 11.8. The summed E-state index contributed by atoms with van der Waals surface area (Å²) in [5, 5.41) is 7.08. The molecule has 0 radical (unpaired) electrons. The van der Waals surface area contributed by atoms with Gasteiger partial charge in [0.25, 0.3) is 11.5 Å². The first-order valence-corrected chi connectivity index (χ1v) is 13.5. The van der Waals surface area contributed by atoms with Crippen LogP contribution in [0.4, 0.5) is 5.82 Å². The number of hydrogen-bond donors (Lipinski definition) is 2. The fourth-order valence-electron chi connectivity index (χ4n) is 4.41. The second-order valence-electron chi connectivity index (χ2n) is 9.08. The van der Waals surface area contributed by atoms with Crippen molar-refractivity contribution in [1.29, 1.82) is 0 Å². The summed E-state index contributed by atoms with van der Waals surface area (Å²) in [5.74, 6) is 5.83. The van der Waals surface area contributed by atoms with Crippen molar-refractivity contribution in [1.82, 2.24) is 29.5 Å². The van der Waals surface area contributed by atoms with Gasteiger partial charge in [0.2, 0.25) is 6.29 Å². The molecule has 3 aromatic heterocycles. The van der Waals surface area contributed by atoms with Crippen LogP contribution in [0.25, 0.3) is 16.9 Å². The maximum Gasteiger partial charge on any atom is 0.266 e. The van der Waals surface area contributed by atoms with Crippen LogP contribution in [0, 0.1) is 18.8 Å². The number of nitrogens with one attached hydrogen (secondary N) is 1. The number of benzene rings is 1. The van der Waals surface area contributed by atoms with Crippen LogP contribution in [0.2, 0.25) is 0 Å². The lowest BCUT2D eigenvalue weighted by molar-refractivity contribution is -0.0969. The molecule has 0 aliphatic carbocycles. The SMILES string of the molecule is C=C/C=C(/C#CC(OCC)OCC)c1c(C)nc([C@H](C)NC(=O)c2c(N)nn3cccnc23)n(-c2ccccc2)c1=O. The molecule has 1 amide bonds. The number of nitrogen functional groups attached to an aromatic ring is 1. The molecule has 4 rings (SSSR count). The minimum absolute atomic E-state index is 0.0357. The molecule has 3 N–H and O–H groups in total. The molecule has 0 bridgehead atoms. The number of aryl methyl sites for hydroxylation is 1. The first-order chi connectivity index (χ1) is 20.3. The number of ether oxygens (including phenoxy) is 2. The number of carbonyl (C=O) groups excluding carboxylic acids is 1. The zero-order valence-electron chi connectivity index (χ0n) is 24.0. The van der Waals surface area contributed by atoms with E-state index >= 15 is 0 Å². The van der Waals surface area contributed by atoms with E-state index in [1.54, 1.807) is 56.6 Å². The molecular weight excluding hydrogens is 534 g/mol. The Morgan fingerprint density at radius 1 is 1.17 bits per heavy atom. The molecule has 0 unspecified atom stereocenters. The van der Waals surface area contributed by atoms with Gasteiger partial charge in [0.05, 0.1) is 23.0 Å². The third-order valence-electron chi connectivity index (χ3n) is 6.20. The number of nitrogens with two attached hydrogens (primary N) is 1. The predicted octanol–water partition coefficient (Wildman–Crippen LogP) is 3.63. The van der Waals surface area contributed by atoms with E-state index in [1.807, 2.05) is 32.0 Å². The number of rotatable bonds is 10. The Hall–Kier alpha value is -5.05. The molecule has 0 spiro atoms. The number of nitrogens with zero attached hydrogens (tertiary/aromatic N) is 5. The Kier molecular flexibility index (Phi) is 9.65. The van der Waals surface area contributed by atoms with Crippen molar-refractivity contribution in [3.8, 4) is 17.5 Å². The number of para-hydroxylation sites is 1. The number of hydrogen-bond acceptors (Lipinski definition) is 8. The summed E-state index contributed by atoms with van der Waals surface area (Å²) in [4.78, 5) is 36.7.